The number of nitrogens with one attached hydrogen (secondary N) is 1. The summed E-state index contributed by atoms with van der Waals surface area (Å²) in [6.07, 6.45) is 5.81. The zero-order valence-electron chi connectivity index (χ0n) is 9.26. The van der Waals surface area contributed by atoms with E-state index in [4.69, 9.17) is 11.6 Å². The summed E-state index contributed by atoms with van der Waals surface area (Å²) in [5.74, 6) is 0. The highest BCUT2D eigenvalue weighted by Crippen LogP contribution is 2.22. The fourth-order valence-electron chi connectivity index (χ4n) is 1.76. The molecule has 1 aliphatic heterocycles. The Morgan fingerprint density at radius 3 is 2.65 bits per heavy atom. The Kier molecular flexibility index (Phi) is 3.86. The molecule has 0 atom stereocenters. The molecule has 0 spiro atoms. The molecule has 1 N–H and O–H groups in total. The van der Waals surface area contributed by atoms with Gasteiger partial charge in [-0.15, -0.1) is 0 Å². The Bertz CT molecular complexity index is 486. The first-order valence-corrected chi connectivity index (χ1v) is 7.29. The Morgan fingerprint density at radius 2 is 2.00 bits per heavy atom. The molecule has 0 bridgehead atoms. The van der Waals surface area contributed by atoms with Crippen molar-refractivity contribution in [2.45, 2.75) is 19.3 Å². The van der Waals surface area contributed by atoms with Crippen LogP contribution in [-0.4, -0.2) is 30.8 Å². The lowest BCUT2D eigenvalue weighted by molar-refractivity contribution is 0.349. The van der Waals surface area contributed by atoms with Gasteiger partial charge in [0.2, 0.25) is 0 Å². The summed E-state index contributed by atoms with van der Waals surface area (Å²) < 4.78 is 28.0. The highest BCUT2D eigenvalue weighted by atomic mass is 35.5. The van der Waals surface area contributed by atoms with Crippen LogP contribution in [0.2, 0.25) is 5.02 Å². The Labute approximate surface area is 106 Å². The molecule has 2 heterocycles. The highest BCUT2D eigenvalue weighted by Gasteiger charge is 2.24. The number of pyridine rings is 1. The molecule has 1 saturated heterocycles. The van der Waals surface area contributed by atoms with Crippen molar-refractivity contribution in [1.29, 1.82) is 0 Å². The van der Waals surface area contributed by atoms with Crippen LogP contribution in [0.4, 0.5) is 5.69 Å². The summed E-state index contributed by atoms with van der Waals surface area (Å²) in [5.41, 5.74) is 0.319. The van der Waals surface area contributed by atoms with Crippen molar-refractivity contribution in [3.8, 4) is 0 Å². The van der Waals surface area contributed by atoms with Gasteiger partial charge in [0.15, 0.2) is 0 Å². The predicted molar refractivity (Wildman–Crippen MR) is 67.2 cm³/mol. The summed E-state index contributed by atoms with van der Waals surface area (Å²) in [5, 5.41) is 0.348. The van der Waals surface area contributed by atoms with Crippen LogP contribution < -0.4 is 4.72 Å². The average molecular weight is 276 g/mol. The number of rotatable bonds is 3. The topological polar surface area (TPSA) is 62.3 Å². The van der Waals surface area contributed by atoms with Gasteiger partial charge in [0.1, 0.15) is 0 Å². The molecule has 1 aromatic heterocycles. The van der Waals surface area contributed by atoms with Gasteiger partial charge < -0.3 is 0 Å². The third-order valence-corrected chi connectivity index (χ3v) is 4.51. The first kappa shape index (κ1) is 12.6. The molecule has 0 radical (unpaired) electrons. The van der Waals surface area contributed by atoms with Crippen LogP contribution in [0.5, 0.6) is 0 Å². The molecule has 5 nitrogen and oxygen atoms in total. The van der Waals surface area contributed by atoms with Gasteiger partial charge in [-0.2, -0.15) is 12.7 Å². The van der Waals surface area contributed by atoms with E-state index >= 15 is 0 Å². The molecule has 0 unspecified atom stereocenters. The number of nitrogens with zero attached hydrogens (tertiary/aromatic N) is 2. The summed E-state index contributed by atoms with van der Waals surface area (Å²) in [6.45, 7) is 1.13. The second-order valence-corrected chi connectivity index (χ2v) is 6.00. The third-order valence-electron chi connectivity index (χ3n) is 2.66. The lowest BCUT2D eigenvalue weighted by Crippen LogP contribution is -2.39. The number of halogens is 1. The standard InChI is InChI=1S/C10H14ClN3O2S/c11-9-4-5-12-8-10(9)13-17(15,16)14-6-2-1-3-7-14/h4-5,8,13H,1-3,6-7H2. The fourth-order valence-corrected chi connectivity index (χ4v) is 3.28. The summed E-state index contributed by atoms with van der Waals surface area (Å²) in [6, 6.07) is 1.55. The zero-order valence-corrected chi connectivity index (χ0v) is 10.8. The zero-order chi connectivity index (χ0) is 12.3. The molecule has 0 saturated carbocycles. The molecule has 94 valence electrons. The molecule has 0 aliphatic carbocycles. The Morgan fingerprint density at radius 1 is 1.29 bits per heavy atom. The number of aromatic nitrogens is 1. The van der Waals surface area contributed by atoms with E-state index in [2.05, 4.69) is 9.71 Å². The van der Waals surface area contributed by atoms with Gasteiger partial charge in [0.25, 0.3) is 0 Å². The number of piperidine rings is 1. The van der Waals surface area contributed by atoms with Gasteiger partial charge in [-0.1, -0.05) is 18.0 Å². The van der Waals surface area contributed by atoms with Crippen molar-refractivity contribution in [3.05, 3.63) is 23.5 Å². The van der Waals surface area contributed by atoms with Crippen molar-refractivity contribution in [1.82, 2.24) is 9.29 Å². The number of anilines is 1. The normalized spacial score (nSPS) is 17.9. The number of hydrogen-bond donors (Lipinski definition) is 1. The minimum atomic E-state index is -3.50. The van der Waals surface area contributed by atoms with Gasteiger partial charge in [-0.3, -0.25) is 9.71 Å². The van der Waals surface area contributed by atoms with E-state index in [1.807, 2.05) is 0 Å². The molecule has 1 aromatic rings. The van der Waals surface area contributed by atoms with Crippen LogP contribution in [0.1, 0.15) is 19.3 Å². The fraction of sp³-hybridized carbons (Fsp3) is 0.500. The quantitative estimate of drug-likeness (QED) is 0.916. The molecular formula is C10H14ClN3O2S. The SMILES string of the molecule is O=S(=O)(Nc1cnccc1Cl)N1CCCCC1. The lowest BCUT2D eigenvalue weighted by atomic mass is 10.2. The smallest absolute Gasteiger partial charge is 0.268 e. The molecule has 1 fully saturated rings. The largest absolute Gasteiger partial charge is 0.301 e. The summed E-state index contributed by atoms with van der Waals surface area (Å²) >= 11 is 5.88. The maximum atomic E-state index is 12.0. The second-order valence-electron chi connectivity index (χ2n) is 3.92. The Balaban J connectivity index is 2.14. The van der Waals surface area contributed by atoms with Crippen LogP contribution in [0.25, 0.3) is 0 Å². The van der Waals surface area contributed by atoms with E-state index in [-0.39, 0.29) is 0 Å². The first-order valence-electron chi connectivity index (χ1n) is 5.47. The van der Waals surface area contributed by atoms with Crippen molar-refractivity contribution >= 4 is 27.5 Å². The minimum absolute atomic E-state index is 0.319. The maximum absolute atomic E-state index is 12.0. The maximum Gasteiger partial charge on any atom is 0.301 e. The van der Waals surface area contributed by atoms with E-state index < -0.39 is 10.2 Å². The second kappa shape index (κ2) is 5.20. The molecule has 2 rings (SSSR count). The average Bonchev–Trinajstić information content (AvgIpc) is 2.33. The molecule has 7 heteroatoms. The van der Waals surface area contributed by atoms with Gasteiger partial charge in [-0.25, -0.2) is 0 Å². The van der Waals surface area contributed by atoms with Crippen molar-refractivity contribution < 1.29 is 8.42 Å². The van der Waals surface area contributed by atoms with E-state index in [0.717, 1.165) is 19.3 Å². The van der Waals surface area contributed by atoms with Gasteiger partial charge in [0.05, 0.1) is 16.9 Å². The van der Waals surface area contributed by atoms with Crippen LogP contribution in [-0.2, 0) is 10.2 Å². The first-order chi connectivity index (χ1) is 8.09. The van der Waals surface area contributed by atoms with Gasteiger partial charge >= 0.3 is 10.2 Å². The van der Waals surface area contributed by atoms with E-state index in [0.29, 0.717) is 23.8 Å². The van der Waals surface area contributed by atoms with Crippen LogP contribution in [0, 0.1) is 0 Å². The van der Waals surface area contributed by atoms with Crippen LogP contribution in [0.3, 0.4) is 0 Å². The minimum Gasteiger partial charge on any atom is -0.268 e. The predicted octanol–water partition coefficient (Wildman–Crippen LogP) is 1.88. The summed E-state index contributed by atoms with van der Waals surface area (Å²) in [7, 11) is -3.50. The third kappa shape index (κ3) is 3.08. The van der Waals surface area contributed by atoms with E-state index in [1.54, 1.807) is 6.07 Å². The molecule has 0 aromatic carbocycles. The van der Waals surface area contributed by atoms with Crippen LogP contribution in [0.15, 0.2) is 18.5 Å². The van der Waals surface area contributed by atoms with Gasteiger partial charge in [-0.05, 0) is 18.9 Å². The molecule has 0 amide bonds. The van der Waals surface area contributed by atoms with Crippen molar-refractivity contribution in [3.63, 3.8) is 0 Å². The van der Waals surface area contributed by atoms with Gasteiger partial charge in [0, 0.05) is 19.3 Å². The van der Waals surface area contributed by atoms with Crippen LogP contribution >= 0.6 is 11.6 Å². The monoisotopic (exact) mass is 275 g/mol. The lowest BCUT2D eigenvalue weighted by Gasteiger charge is -2.26. The molecule has 17 heavy (non-hydrogen) atoms. The highest BCUT2D eigenvalue weighted by molar-refractivity contribution is 7.90. The van der Waals surface area contributed by atoms with E-state index in [1.165, 1.54) is 16.7 Å². The van der Waals surface area contributed by atoms with Crippen molar-refractivity contribution in [2.24, 2.45) is 0 Å². The molecule has 1 aliphatic rings. The summed E-state index contributed by atoms with van der Waals surface area (Å²) in [4.78, 5) is 3.84. The number of hydrogen-bond acceptors (Lipinski definition) is 3. The molecular weight excluding hydrogens is 262 g/mol. The Hall–Kier alpha value is -0.850. The van der Waals surface area contributed by atoms with E-state index in [9.17, 15) is 8.42 Å². The van der Waals surface area contributed by atoms with Crippen molar-refractivity contribution in [2.75, 3.05) is 17.8 Å².